The molecule has 1 aliphatic rings. The van der Waals surface area contributed by atoms with E-state index in [1.165, 1.54) is 18.1 Å². The van der Waals surface area contributed by atoms with Crippen molar-refractivity contribution in [3.05, 3.63) is 59.2 Å². The SMILES string of the molecule is Cc1cccc(N2CCN(C(=O)[C@H](C)N(c3ccc(F)c(F)c3)S(C)(=O)=O)CC2)c1C. The van der Waals surface area contributed by atoms with Crippen molar-refractivity contribution in [1.29, 1.82) is 0 Å². The Kier molecular flexibility index (Phi) is 6.54. The number of anilines is 2. The molecule has 0 aromatic heterocycles. The first-order valence-electron chi connectivity index (χ1n) is 10.0. The average molecular weight is 452 g/mol. The number of halogens is 2. The maximum Gasteiger partial charge on any atom is 0.246 e. The Labute approximate surface area is 182 Å². The Bertz CT molecular complexity index is 1080. The number of hydrogen-bond donors (Lipinski definition) is 0. The van der Waals surface area contributed by atoms with Crippen molar-refractivity contribution in [2.45, 2.75) is 26.8 Å². The van der Waals surface area contributed by atoms with Gasteiger partial charge < -0.3 is 9.80 Å². The second-order valence-electron chi connectivity index (χ2n) is 7.86. The Morgan fingerprint density at radius 1 is 1.03 bits per heavy atom. The van der Waals surface area contributed by atoms with Gasteiger partial charge in [0.05, 0.1) is 11.9 Å². The summed E-state index contributed by atoms with van der Waals surface area (Å²) in [7, 11) is -3.91. The molecule has 168 valence electrons. The number of carbonyl (C=O) groups is 1. The Balaban J connectivity index is 1.77. The number of rotatable bonds is 5. The van der Waals surface area contributed by atoms with Gasteiger partial charge >= 0.3 is 0 Å². The summed E-state index contributed by atoms with van der Waals surface area (Å²) in [5.74, 6) is -2.64. The summed E-state index contributed by atoms with van der Waals surface area (Å²) in [5, 5.41) is 0. The van der Waals surface area contributed by atoms with E-state index in [0.717, 1.165) is 34.4 Å². The Morgan fingerprint density at radius 2 is 1.68 bits per heavy atom. The summed E-state index contributed by atoms with van der Waals surface area (Å²) < 4.78 is 52.7. The molecule has 1 heterocycles. The number of benzene rings is 2. The van der Waals surface area contributed by atoms with Crippen LogP contribution < -0.4 is 9.21 Å². The summed E-state index contributed by atoms with van der Waals surface area (Å²) in [6.07, 6.45) is 0.941. The lowest BCUT2D eigenvalue weighted by molar-refractivity contribution is -0.132. The van der Waals surface area contributed by atoms with Gasteiger partial charge in [-0.2, -0.15) is 0 Å². The Morgan fingerprint density at radius 3 is 2.26 bits per heavy atom. The predicted octanol–water partition coefficient (Wildman–Crippen LogP) is 3.08. The molecular weight excluding hydrogens is 424 g/mol. The second-order valence-corrected chi connectivity index (χ2v) is 9.72. The molecule has 1 atom stereocenters. The zero-order valence-electron chi connectivity index (χ0n) is 18.1. The van der Waals surface area contributed by atoms with Gasteiger partial charge in [0.15, 0.2) is 11.6 Å². The van der Waals surface area contributed by atoms with Gasteiger partial charge in [-0.25, -0.2) is 17.2 Å². The number of aryl methyl sites for hydroxylation is 1. The molecule has 0 unspecified atom stereocenters. The molecule has 1 aliphatic heterocycles. The molecule has 0 spiro atoms. The van der Waals surface area contributed by atoms with Gasteiger partial charge in [0, 0.05) is 37.9 Å². The van der Waals surface area contributed by atoms with Gasteiger partial charge in [0.2, 0.25) is 15.9 Å². The van der Waals surface area contributed by atoms with Crippen LogP contribution in [0.3, 0.4) is 0 Å². The zero-order chi connectivity index (χ0) is 22.9. The summed E-state index contributed by atoms with van der Waals surface area (Å²) in [4.78, 5) is 16.9. The third kappa shape index (κ3) is 4.81. The summed E-state index contributed by atoms with van der Waals surface area (Å²) in [6, 6.07) is 7.81. The van der Waals surface area contributed by atoms with Gasteiger partial charge in [-0.1, -0.05) is 12.1 Å². The van der Waals surface area contributed by atoms with Crippen molar-refractivity contribution in [3.8, 4) is 0 Å². The fourth-order valence-electron chi connectivity index (χ4n) is 3.93. The molecular formula is C22H27F2N3O3S. The van der Waals surface area contributed by atoms with Crippen LogP contribution >= 0.6 is 0 Å². The van der Waals surface area contributed by atoms with Crippen LogP contribution in [0.5, 0.6) is 0 Å². The van der Waals surface area contributed by atoms with Crippen molar-refractivity contribution in [1.82, 2.24) is 4.90 Å². The van der Waals surface area contributed by atoms with Crippen molar-refractivity contribution >= 4 is 27.3 Å². The van der Waals surface area contributed by atoms with E-state index in [9.17, 15) is 22.0 Å². The third-order valence-electron chi connectivity index (χ3n) is 5.73. The van der Waals surface area contributed by atoms with E-state index in [1.807, 2.05) is 6.07 Å². The molecule has 1 fully saturated rings. The number of nitrogens with zero attached hydrogens (tertiary/aromatic N) is 3. The van der Waals surface area contributed by atoms with Gasteiger partial charge in [-0.3, -0.25) is 9.10 Å². The molecule has 0 N–H and O–H groups in total. The molecule has 0 aliphatic carbocycles. The van der Waals surface area contributed by atoms with Crippen molar-refractivity contribution in [2.24, 2.45) is 0 Å². The predicted molar refractivity (Wildman–Crippen MR) is 118 cm³/mol. The van der Waals surface area contributed by atoms with E-state index < -0.39 is 27.7 Å². The zero-order valence-corrected chi connectivity index (χ0v) is 18.9. The average Bonchev–Trinajstić information content (AvgIpc) is 2.71. The highest BCUT2D eigenvalue weighted by Gasteiger charge is 2.34. The van der Waals surface area contributed by atoms with Gasteiger partial charge in [-0.15, -0.1) is 0 Å². The highest BCUT2D eigenvalue weighted by Crippen LogP contribution is 2.26. The monoisotopic (exact) mass is 451 g/mol. The summed E-state index contributed by atoms with van der Waals surface area (Å²) >= 11 is 0. The fourth-order valence-corrected chi connectivity index (χ4v) is 5.10. The summed E-state index contributed by atoms with van der Waals surface area (Å²) in [5.41, 5.74) is 3.42. The number of sulfonamides is 1. The fraction of sp³-hybridized carbons (Fsp3) is 0.409. The molecule has 1 amide bonds. The quantitative estimate of drug-likeness (QED) is 0.701. The van der Waals surface area contributed by atoms with E-state index in [0.29, 0.717) is 26.2 Å². The molecule has 0 bridgehead atoms. The topological polar surface area (TPSA) is 60.9 Å². The van der Waals surface area contributed by atoms with Crippen LogP contribution in [0.15, 0.2) is 36.4 Å². The highest BCUT2D eigenvalue weighted by atomic mass is 32.2. The largest absolute Gasteiger partial charge is 0.368 e. The molecule has 2 aromatic carbocycles. The first kappa shape index (κ1) is 23.0. The van der Waals surface area contributed by atoms with Crippen molar-refractivity contribution < 1.29 is 22.0 Å². The first-order chi connectivity index (χ1) is 14.5. The number of hydrogen-bond acceptors (Lipinski definition) is 4. The van der Waals surface area contributed by atoms with Crippen LogP contribution in [0, 0.1) is 25.5 Å². The normalized spacial score (nSPS) is 15.7. The van der Waals surface area contributed by atoms with E-state index in [2.05, 4.69) is 30.9 Å². The van der Waals surface area contributed by atoms with Crippen LogP contribution in [-0.4, -0.2) is 57.7 Å². The molecule has 3 rings (SSSR count). The van der Waals surface area contributed by atoms with Gasteiger partial charge in [0.1, 0.15) is 6.04 Å². The first-order valence-corrected chi connectivity index (χ1v) is 11.9. The lowest BCUT2D eigenvalue weighted by Gasteiger charge is -2.39. The van der Waals surface area contributed by atoms with E-state index >= 15 is 0 Å². The van der Waals surface area contributed by atoms with Crippen LogP contribution in [0.1, 0.15) is 18.1 Å². The van der Waals surface area contributed by atoms with Crippen molar-refractivity contribution in [3.63, 3.8) is 0 Å². The molecule has 1 saturated heterocycles. The van der Waals surface area contributed by atoms with E-state index in [1.54, 1.807) is 4.90 Å². The van der Waals surface area contributed by atoms with Crippen LogP contribution in [0.2, 0.25) is 0 Å². The number of carbonyl (C=O) groups excluding carboxylic acids is 1. The Hall–Kier alpha value is -2.68. The molecule has 9 heteroatoms. The van der Waals surface area contributed by atoms with Gasteiger partial charge in [0.25, 0.3) is 0 Å². The van der Waals surface area contributed by atoms with Crippen LogP contribution in [-0.2, 0) is 14.8 Å². The van der Waals surface area contributed by atoms with Crippen molar-refractivity contribution in [2.75, 3.05) is 41.6 Å². The van der Waals surface area contributed by atoms with Gasteiger partial charge in [-0.05, 0) is 50.1 Å². The summed E-state index contributed by atoms with van der Waals surface area (Å²) in [6.45, 7) is 7.69. The standard InChI is InChI=1S/C22H27F2N3O3S/c1-15-6-5-7-21(16(15)2)25-10-12-26(13-11-25)22(28)17(3)27(31(4,29)30)18-8-9-19(23)20(24)14-18/h5-9,14,17H,10-13H2,1-4H3/t17-/m0/s1. The minimum absolute atomic E-state index is 0.0868. The lowest BCUT2D eigenvalue weighted by Crippen LogP contribution is -2.55. The molecule has 2 aromatic rings. The van der Waals surface area contributed by atoms with Crippen LogP contribution in [0.4, 0.5) is 20.2 Å². The van der Waals surface area contributed by atoms with Crippen LogP contribution in [0.25, 0.3) is 0 Å². The maximum absolute atomic E-state index is 13.7. The van der Waals surface area contributed by atoms with E-state index in [4.69, 9.17) is 0 Å². The van der Waals surface area contributed by atoms with E-state index in [-0.39, 0.29) is 11.6 Å². The molecule has 0 radical (unpaired) electrons. The lowest BCUT2D eigenvalue weighted by atomic mass is 10.1. The number of amides is 1. The minimum atomic E-state index is -3.91. The second kappa shape index (κ2) is 8.82. The number of piperazine rings is 1. The third-order valence-corrected chi connectivity index (χ3v) is 6.97. The molecule has 0 saturated carbocycles. The molecule has 6 nitrogen and oxygen atoms in total. The maximum atomic E-state index is 13.7. The smallest absolute Gasteiger partial charge is 0.246 e. The highest BCUT2D eigenvalue weighted by molar-refractivity contribution is 7.92. The molecule has 31 heavy (non-hydrogen) atoms. The minimum Gasteiger partial charge on any atom is -0.368 e.